The van der Waals surface area contributed by atoms with E-state index in [-0.39, 0.29) is 12.1 Å². The predicted octanol–water partition coefficient (Wildman–Crippen LogP) is 3.62. The molecular weight excluding hydrogens is 220 g/mol. The van der Waals surface area contributed by atoms with Gasteiger partial charge in [-0.05, 0) is 38.9 Å². The first kappa shape index (κ1) is 12.7. The smallest absolute Gasteiger partial charge is 0.254 e. The molecule has 0 aliphatic carbocycles. The fourth-order valence-electron chi connectivity index (χ4n) is 1.18. The predicted molar refractivity (Wildman–Crippen MR) is 52.5 cm³/mol. The standard InChI is InChI=1S/C6H14Cl2NO2P/c1-5(2)9(6(3)4)12(8,10)11-7/h5-6H,1-4H3. The van der Waals surface area contributed by atoms with Crippen LogP contribution in [0, 0.1) is 0 Å². The van der Waals surface area contributed by atoms with Crippen molar-refractivity contribution in [2.45, 2.75) is 39.8 Å². The van der Waals surface area contributed by atoms with Crippen LogP contribution >= 0.6 is 30.0 Å². The van der Waals surface area contributed by atoms with Crippen LogP contribution in [0.15, 0.2) is 0 Å². The van der Waals surface area contributed by atoms with Gasteiger partial charge in [0.2, 0.25) is 0 Å². The topological polar surface area (TPSA) is 29.5 Å². The average Bonchev–Trinajstić information content (AvgIpc) is 1.84. The number of halogens is 2. The Bertz CT molecular complexity index is 178. The molecule has 0 bridgehead atoms. The van der Waals surface area contributed by atoms with E-state index >= 15 is 0 Å². The van der Waals surface area contributed by atoms with Crippen molar-refractivity contribution in [3.63, 3.8) is 0 Å². The second-order valence-electron chi connectivity index (χ2n) is 3.09. The van der Waals surface area contributed by atoms with Gasteiger partial charge in [0.25, 0.3) is 0 Å². The van der Waals surface area contributed by atoms with E-state index in [2.05, 4.69) is 4.08 Å². The highest BCUT2D eigenvalue weighted by atomic mass is 35.7. The van der Waals surface area contributed by atoms with E-state index in [4.69, 9.17) is 23.1 Å². The second-order valence-corrected chi connectivity index (χ2v) is 6.29. The van der Waals surface area contributed by atoms with Gasteiger partial charge in [-0.3, -0.25) is 4.57 Å². The van der Waals surface area contributed by atoms with Crippen molar-refractivity contribution >= 4 is 30.0 Å². The lowest BCUT2D eigenvalue weighted by atomic mass is 10.3. The number of hydrogen-bond acceptors (Lipinski definition) is 2. The molecule has 0 aromatic rings. The van der Waals surface area contributed by atoms with Crippen LogP contribution in [0.4, 0.5) is 0 Å². The molecular formula is C6H14Cl2NO2P. The van der Waals surface area contributed by atoms with Crippen molar-refractivity contribution in [2.24, 2.45) is 0 Å². The second kappa shape index (κ2) is 4.83. The van der Waals surface area contributed by atoms with Gasteiger partial charge in [-0.25, -0.2) is 4.67 Å². The summed E-state index contributed by atoms with van der Waals surface area (Å²) in [5.41, 5.74) is 0. The third-order valence-corrected chi connectivity index (χ3v) is 4.57. The first-order valence-electron chi connectivity index (χ1n) is 3.71. The summed E-state index contributed by atoms with van der Waals surface area (Å²) in [6.45, 7) is 4.19. The van der Waals surface area contributed by atoms with Gasteiger partial charge >= 0.3 is 6.87 Å². The van der Waals surface area contributed by atoms with Crippen LogP contribution in [0.25, 0.3) is 0 Å². The molecule has 3 nitrogen and oxygen atoms in total. The van der Waals surface area contributed by atoms with E-state index in [0.29, 0.717) is 0 Å². The number of rotatable bonds is 4. The number of nitrogens with zero attached hydrogens (tertiary/aromatic N) is 1. The van der Waals surface area contributed by atoms with Crippen LogP contribution in [-0.2, 0) is 8.64 Å². The fourth-order valence-corrected chi connectivity index (χ4v) is 3.62. The maximum absolute atomic E-state index is 11.5. The maximum Gasteiger partial charge on any atom is 0.379 e. The Labute approximate surface area is 83.4 Å². The minimum absolute atomic E-state index is 0.0343. The molecule has 0 aliphatic heterocycles. The molecule has 0 saturated heterocycles. The van der Waals surface area contributed by atoms with Gasteiger partial charge < -0.3 is 0 Å². The van der Waals surface area contributed by atoms with Gasteiger partial charge in [0.15, 0.2) is 0 Å². The van der Waals surface area contributed by atoms with Crippen molar-refractivity contribution in [3.8, 4) is 0 Å². The van der Waals surface area contributed by atoms with Crippen LogP contribution in [-0.4, -0.2) is 16.8 Å². The third-order valence-electron chi connectivity index (χ3n) is 1.42. The minimum atomic E-state index is -3.32. The summed E-state index contributed by atoms with van der Waals surface area (Å²) in [7, 11) is 0. The Morgan fingerprint density at radius 2 is 1.58 bits per heavy atom. The zero-order valence-corrected chi connectivity index (χ0v) is 10.0. The summed E-state index contributed by atoms with van der Waals surface area (Å²) in [5, 5.41) is 0. The van der Waals surface area contributed by atoms with Crippen molar-refractivity contribution in [3.05, 3.63) is 0 Å². The third kappa shape index (κ3) is 3.23. The molecule has 1 atom stereocenters. The molecule has 0 radical (unpaired) electrons. The van der Waals surface area contributed by atoms with E-state index in [1.54, 1.807) is 4.67 Å². The summed E-state index contributed by atoms with van der Waals surface area (Å²) in [5.74, 6) is 0. The maximum atomic E-state index is 11.5. The van der Waals surface area contributed by atoms with Crippen LogP contribution in [0.1, 0.15) is 27.7 Å². The van der Waals surface area contributed by atoms with E-state index < -0.39 is 6.87 Å². The Hall–Kier alpha value is 0.730. The first-order valence-corrected chi connectivity index (χ1v) is 6.51. The molecule has 0 rings (SSSR count). The molecule has 0 aliphatic rings. The largest absolute Gasteiger partial charge is 0.379 e. The summed E-state index contributed by atoms with van der Waals surface area (Å²) >= 11 is 10.6. The molecule has 12 heavy (non-hydrogen) atoms. The molecule has 0 aromatic carbocycles. The van der Waals surface area contributed by atoms with E-state index in [1.165, 1.54) is 0 Å². The molecule has 1 unspecified atom stereocenters. The van der Waals surface area contributed by atoms with Gasteiger partial charge in [-0.1, -0.05) is 0 Å². The lowest BCUT2D eigenvalue weighted by Gasteiger charge is -2.31. The van der Waals surface area contributed by atoms with Crippen LogP contribution in [0.5, 0.6) is 0 Å². The molecule has 0 saturated carbocycles. The lowest BCUT2D eigenvalue weighted by Crippen LogP contribution is -2.32. The van der Waals surface area contributed by atoms with Gasteiger partial charge in [-0.15, -0.1) is 0 Å². The van der Waals surface area contributed by atoms with Crippen LogP contribution in [0.3, 0.4) is 0 Å². The van der Waals surface area contributed by atoms with Gasteiger partial charge in [0, 0.05) is 12.1 Å². The molecule has 0 heterocycles. The van der Waals surface area contributed by atoms with Gasteiger partial charge in [-0.2, -0.15) is 4.08 Å². The van der Waals surface area contributed by atoms with Gasteiger partial charge in [0.1, 0.15) is 0 Å². The zero-order chi connectivity index (χ0) is 9.94. The lowest BCUT2D eigenvalue weighted by molar-refractivity contribution is 0.280. The quantitative estimate of drug-likeness (QED) is 0.695. The molecule has 6 heteroatoms. The van der Waals surface area contributed by atoms with Gasteiger partial charge in [0.05, 0.1) is 11.9 Å². The molecule has 0 aromatic heterocycles. The molecule has 0 N–H and O–H groups in total. The number of hydrogen-bond donors (Lipinski definition) is 0. The first-order chi connectivity index (χ1) is 5.33. The summed E-state index contributed by atoms with van der Waals surface area (Å²) in [6, 6.07) is 0.0687. The molecule has 0 spiro atoms. The Kier molecular flexibility index (Phi) is 5.12. The zero-order valence-electron chi connectivity index (χ0n) is 7.62. The highest BCUT2D eigenvalue weighted by Gasteiger charge is 2.33. The summed E-state index contributed by atoms with van der Waals surface area (Å²) in [6.07, 6.45) is 0. The van der Waals surface area contributed by atoms with Crippen molar-refractivity contribution in [1.82, 2.24) is 4.67 Å². The summed E-state index contributed by atoms with van der Waals surface area (Å²) < 4.78 is 17.3. The highest BCUT2D eigenvalue weighted by molar-refractivity contribution is 7.84. The molecule has 0 fully saturated rings. The van der Waals surface area contributed by atoms with E-state index in [0.717, 1.165) is 0 Å². The monoisotopic (exact) mass is 233 g/mol. The molecule has 0 amide bonds. The van der Waals surface area contributed by atoms with Crippen molar-refractivity contribution < 1.29 is 8.64 Å². The van der Waals surface area contributed by atoms with Crippen LogP contribution in [0.2, 0.25) is 0 Å². The normalized spacial score (nSPS) is 17.4. The van der Waals surface area contributed by atoms with Crippen LogP contribution < -0.4 is 0 Å². The van der Waals surface area contributed by atoms with Crippen molar-refractivity contribution in [1.29, 1.82) is 0 Å². The fraction of sp³-hybridized carbons (Fsp3) is 1.00. The Morgan fingerprint density at radius 3 is 1.67 bits per heavy atom. The molecule has 74 valence electrons. The Balaban J connectivity index is 4.63. The van der Waals surface area contributed by atoms with E-state index in [1.807, 2.05) is 27.7 Å². The SMILES string of the molecule is CC(C)N(C(C)C)P(=O)(Cl)OCl. The summed E-state index contributed by atoms with van der Waals surface area (Å²) in [4.78, 5) is 0. The average molecular weight is 234 g/mol. The van der Waals surface area contributed by atoms with E-state index in [9.17, 15) is 4.57 Å². The minimum Gasteiger partial charge on any atom is -0.254 e. The Morgan fingerprint density at radius 1 is 1.25 bits per heavy atom. The highest BCUT2D eigenvalue weighted by Crippen LogP contribution is 2.58. The van der Waals surface area contributed by atoms with Crippen molar-refractivity contribution in [2.75, 3.05) is 0 Å².